The van der Waals surface area contributed by atoms with Crippen LogP contribution in [0.3, 0.4) is 0 Å². The molecule has 0 saturated heterocycles. The molecule has 0 heterocycles. The Morgan fingerprint density at radius 1 is 1.23 bits per heavy atom. The van der Waals surface area contributed by atoms with Gasteiger partial charge in [0.05, 0.1) is 18.1 Å². The first-order valence-electron chi connectivity index (χ1n) is 5.22. The second-order valence-corrected chi connectivity index (χ2v) is 4.18. The molecule has 2 aliphatic carbocycles. The number of amides is 1. The van der Waals surface area contributed by atoms with Gasteiger partial charge in [-0.05, 0) is 19.3 Å². The number of rotatable bonds is 3. The summed E-state index contributed by atoms with van der Waals surface area (Å²) in [4.78, 5) is 10.8. The van der Waals surface area contributed by atoms with Gasteiger partial charge in [-0.2, -0.15) is 0 Å². The van der Waals surface area contributed by atoms with Gasteiger partial charge in [0.1, 0.15) is 0 Å². The maximum Gasteiger partial charge on any atom is 0.223 e. The van der Waals surface area contributed by atoms with E-state index in [1.165, 1.54) is 32.1 Å². The van der Waals surface area contributed by atoms with Crippen LogP contribution in [0.4, 0.5) is 0 Å². The van der Waals surface area contributed by atoms with Crippen molar-refractivity contribution in [1.29, 1.82) is 0 Å². The molecule has 2 saturated carbocycles. The van der Waals surface area contributed by atoms with Gasteiger partial charge in [-0.1, -0.05) is 19.3 Å². The molecule has 3 nitrogen and oxygen atoms in total. The molecule has 0 aromatic rings. The van der Waals surface area contributed by atoms with Crippen molar-refractivity contribution in [3.05, 3.63) is 0 Å². The number of carbonyl (C=O) groups excluding carboxylic acids is 1. The molecule has 0 radical (unpaired) electrons. The van der Waals surface area contributed by atoms with Crippen LogP contribution in [0, 0.1) is 5.92 Å². The van der Waals surface area contributed by atoms with E-state index < -0.39 is 0 Å². The summed E-state index contributed by atoms with van der Waals surface area (Å²) in [5.74, 6) is -0.178. The summed E-state index contributed by atoms with van der Waals surface area (Å²) < 4.78 is 5.78. The van der Waals surface area contributed by atoms with E-state index in [1.807, 2.05) is 0 Å². The Morgan fingerprint density at radius 3 is 2.46 bits per heavy atom. The molecule has 0 bridgehead atoms. The number of primary amides is 1. The molecule has 0 aromatic carbocycles. The minimum Gasteiger partial charge on any atom is -0.374 e. The first-order chi connectivity index (χ1) is 6.27. The van der Waals surface area contributed by atoms with Gasteiger partial charge in [0.15, 0.2) is 0 Å². The normalized spacial score (nSPS) is 34.5. The van der Waals surface area contributed by atoms with Crippen LogP contribution in [0.25, 0.3) is 0 Å². The van der Waals surface area contributed by atoms with Gasteiger partial charge in [-0.3, -0.25) is 4.79 Å². The molecule has 2 unspecified atom stereocenters. The molecule has 13 heavy (non-hydrogen) atoms. The van der Waals surface area contributed by atoms with Crippen LogP contribution in [0.2, 0.25) is 0 Å². The van der Waals surface area contributed by atoms with Crippen LogP contribution >= 0.6 is 0 Å². The molecular weight excluding hydrogens is 166 g/mol. The minimum absolute atomic E-state index is 0.0157. The Morgan fingerprint density at radius 2 is 1.92 bits per heavy atom. The lowest BCUT2D eigenvalue weighted by Crippen LogP contribution is -2.21. The lowest BCUT2D eigenvalue weighted by Gasteiger charge is -2.21. The van der Waals surface area contributed by atoms with Gasteiger partial charge in [0, 0.05) is 0 Å². The third-order valence-corrected chi connectivity index (χ3v) is 3.02. The van der Waals surface area contributed by atoms with E-state index in [-0.39, 0.29) is 17.9 Å². The number of carbonyl (C=O) groups is 1. The molecule has 74 valence electrons. The highest BCUT2D eigenvalue weighted by atomic mass is 16.5. The monoisotopic (exact) mass is 183 g/mol. The van der Waals surface area contributed by atoms with E-state index in [9.17, 15) is 4.79 Å². The van der Waals surface area contributed by atoms with E-state index in [1.54, 1.807) is 0 Å². The van der Waals surface area contributed by atoms with Crippen LogP contribution in [-0.2, 0) is 9.53 Å². The molecule has 2 aliphatic rings. The Labute approximate surface area is 78.6 Å². The van der Waals surface area contributed by atoms with Gasteiger partial charge in [0.2, 0.25) is 5.91 Å². The Balaban J connectivity index is 1.70. The topological polar surface area (TPSA) is 52.3 Å². The lowest BCUT2D eigenvalue weighted by atomic mass is 9.98. The fourth-order valence-corrected chi connectivity index (χ4v) is 2.07. The number of hydrogen-bond acceptors (Lipinski definition) is 2. The molecule has 0 spiro atoms. The van der Waals surface area contributed by atoms with Crippen LogP contribution in [0.5, 0.6) is 0 Å². The summed E-state index contributed by atoms with van der Waals surface area (Å²) in [7, 11) is 0. The zero-order valence-electron chi connectivity index (χ0n) is 7.87. The average Bonchev–Trinajstić information content (AvgIpc) is 2.86. The molecule has 2 rings (SSSR count). The van der Waals surface area contributed by atoms with Gasteiger partial charge < -0.3 is 10.5 Å². The summed E-state index contributed by atoms with van der Waals surface area (Å²) in [5.41, 5.74) is 5.17. The standard InChI is InChI=1S/C10H17NO2/c11-10(12)8-6-9(8)13-7-4-2-1-3-5-7/h7-9H,1-6H2,(H2,11,12). The molecule has 1 amide bonds. The third kappa shape index (κ3) is 2.21. The smallest absolute Gasteiger partial charge is 0.223 e. The van der Waals surface area contributed by atoms with E-state index in [0.29, 0.717) is 6.10 Å². The quantitative estimate of drug-likeness (QED) is 0.715. The van der Waals surface area contributed by atoms with Crippen molar-refractivity contribution in [2.24, 2.45) is 11.7 Å². The van der Waals surface area contributed by atoms with Gasteiger partial charge in [-0.25, -0.2) is 0 Å². The van der Waals surface area contributed by atoms with Crippen LogP contribution in [-0.4, -0.2) is 18.1 Å². The van der Waals surface area contributed by atoms with Crippen LogP contribution in [0.15, 0.2) is 0 Å². The maximum absolute atomic E-state index is 10.8. The fourth-order valence-electron chi connectivity index (χ4n) is 2.07. The Bertz CT molecular complexity index is 199. The molecule has 3 heteroatoms. The molecule has 0 aromatic heterocycles. The first-order valence-corrected chi connectivity index (χ1v) is 5.22. The summed E-state index contributed by atoms with van der Waals surface area (Å²) in [6.07, 6.45) is 7.64. The minimum atomic E-state index is -0.194. The van der Waals surface area contributed by atoms with Crippen molar-refractivity contribution in [2.45, 2.75) is 50.7 Å². The maximum atomic E-state index is 10.8. The summed E-state index contributed by atoms with van der Waals surface area (Å²) >= 11 is 0. The van der Waals surface area contributed by atoms with E-state index in [4.69, 9.17) is 10.5 Å². The molecule has 2 atom stereocenters. The van der Waals surface area contributed by atoms with Crippen molar-refractivity contribution in [3.8, 4) is 0 Å². The lowest BCUT2D eigenvalue weighted by molar-refractivity contribution is -0.120. The summed E-state index contributed by atoms with van der Waals surface area (Å²) in [6.45, 7) is 0. The van der Waals surface area contributed by atoms with Crippen molar-refractivity contribution < 1.29 is 9.53 Å². The largest absolute Gasteiger partial charge is 0.374 e. The second kappa shape index (κ2) is 3.66. The molecule has 2 N–H and O–H groups in total. The van der Waals surface area contributed by atoms with Gasteiger partial charge >= 0.3 is 0 Å². The zero-order valence-corrected chi connectivity index (χ0v) is 7.87. The van der Waals surface area contributed by atoms with E-state index in [0.717, 1.165) is 6.42 Å². The average molecular weight is 183 g/mol. The first kappa shape index (κ1) is 9.00. The molecule has 0 aliphatic heterocycles. The summed E-state index contributed by atoms with van der Waals surface area (Å²) in [6, 6.07) is 0. The van der Waals surface area contributed by atoms with Crippen molar-refractivity contribution in [1.82, 2.24) is 0 Å². The zero-order chi connectivity index (χ0) is 9.26. The highest BCUT2D eigenvalue weighted by Crippen LogP contribution is 2.36. The predicted octanol–water partition coefficient (Wildman–Crippen LogP) is 1.21. The number of ether oxygens (including phenoxy) is 1. The highest BCUT2D eigenvalue weighted by molar-refractivity contribution is 5.80. The summed E-state index contributed by atoms with van der Waals surface area (Å²) in [5, 5.41) is 0. The number of nitrogens with two attached hydrogens (primary N) is 1. The van der Waals surface area contributed by atoms with Crippen LogP contribution in [0.1, 0.15) is 38.5 Å². The highest BCUT2D eigenvalue weighted by Gasteiger charge is 2.44. The fraction of sp³-hybridized carbons (Fsp3) is 0.900. The van der Waals surface area contributed by atoms with Gasteiger partial charge in [-0.15, -0.1) is 0 Å². The Kier molecular flexibility index (Phi) is 2.54. The number of hydrogen-bond donors (Lipinski definition) is 1. The van der Waals surface area contributed by atoms with E-state index in [2.05, 4.69) is 0 Å². The van der Waals surface area contributed by atoms with Gasteiger partial charge in [0.25, 0.3) is 0 Å². The predicted molar refractivity (Wildman–Crippen MR) is 49.0 cm³/mol. The third-order valence-electron chi connectivity index (χ3n) is 3.02. The van der Waals surface area contributed by atoms with E-state index >= 15 is 0 Å². The Hall–Kier alpha value is -0.570. The van der Waals surface area contributed by atoms with Crippen molar-refractivity contribution in [2.75, 3.05) is 0 Å². The second-order valence-electron chi connectivity index (χ2n) is 4.18. The molecular formula is C10H17NO2. The van der Waals surface area contributed by atoms with Crippen molar-refractivity contribution >= 4 is 5.91 Å². The molecule has 2 fully saturated rings. The van der Waals surface area contributed by atoms with Crippen LogP contribution < -0.4 is 5.73 Å². The van der Waals surface area contributed by atoms with Crippen molar-refractivity contribution in [3.63, 3.8) is 0 Å². The SMILES string of the molecule is NC(=O)C1CC1OC1CCCCC1.